The van der Waals surface area contributed by atoms with E-state index in [9.17, 15) is 9.18 Å². The Hall–Kier alpha value is -2.14. The molecule has 2 aromatic rings. The molecule has 0 aliphatic heterocycles. The molecule has 2 N–H and O–H groups in total. The van der Waals surface area contributed by atoms with Crippen molar-refractivity contribution in [1.29, 1.82) is 0 Å². The summed E-state index contributed by atoms with van der Waals surface area (Å²) in [6, 6.07) is 7.12. The molecule has 0 aliphatic carbocycles. The fourth-order valence-electron chi connectivity index (χ4n) is 1.37. The third kappa shape index (κ3) is 2.75. The van der Waals surface area contributed by atoms with Gasteiger partial charge in [-0.05, 0) is 30.3 Å². The zero-order chi connectivity index (χ0) is 13.1. The van der Waals surface area contributed by atoms with Crippen LogP contribution in [0, 0.1) is 5.82 Å². The molecule has 1 heterocycles. The van der Waals surface area contributed by atoms with E-state index in [1.807, 2.05) is 0 Å². The maximum absolute atomic E-state index is 13.0. The van der Waals surface area contributed by atoms with Crippen LogP contribution >= 0.6 is 11.6 Å². The zero-order valence-electron chi connectivity index (χ0n) is 9.02. The molecular weight excluding hydrogens is 259 g/mol. The average molecular weight is 267 g/mol. The summed E-state index contributed by atoms with van der Waals surface area (Å²) in [4.78, 5) is 14.4. The van der Waals surface area contributed by atoms with Crippen LogP contribution in [0.4, 0.5) is 15.8 Å². The van der Waals surface area contributed by atoms with Crippen molar-refractivity contribution in [3.63, 3.8) is 0 Å². The monoisotopic (exact) mass is 266 g/mol. The number of hydrogen-bond donors (Lipinski definition) is 2. The predicted molar refractivity (Wildman–Crippen MR) is 65.9 cm³/mol. The zero-order valence-corrected chi connectivity index (χ0v) is 9.78. The molecule has 0 unspecified atom stereocenters. The van der Waals surface area contributed by atoms with Crippen LogP contribution in [0.2, 0.25) is 5.02 Å². The van der Waals surface area contributed by atoms with Gasteiger partial charge in [0.2, 0.25) is 0 Å². The van der Waals surface area contributed by atoms with Gasteiger partial charge in [-0.25, -0.2) is 14.2 Å². The van der Waals surface area contributed by atoms with Crippen molar-refractivity contribution in [2.45, 2.75) is 0 Å². The van der Waals surface area contributed by atoms with Gasteiger partial charge < -0.3 is 10.4 Å². The summed E-state index contributed by atoms with van der Waals surface area (Å²) in [5.74, 6) is -1.63. The number of carboxylic acids is 1. The number of aromatic nitrogens is 1. The molecule has 1 aromatic carbocycles. The van der Waals surface area contributed by atoms with Gasteiger partial charge in [0.25, 0.3) is 0 Å². The first-order valence-electron chi connectivity index (χ1n) is 4.97. The lowest BCUT2D eigenvalue weighted by molar-refractivity contribution is 0.0690. The van der Waals surface area contributed by atoms with E-state index in [4.69, 9.17) is 16.7 Å². The molecule has 4 nitrogen and oxygen atoms in total. The second-order valence-corrected chi connectivity index (χ2v) is 3.90. The lowest BCUT2D eigenvalue weighted by Gasteiger charge is -2.07. The van der Waals surface area contributed by atoms with Crippen LogP contribution in [0.1, 0.15) is 10.5 Å². The summed E-state index contributed by atoms with van der Waals surface area (Å²) in [6.07, 6.45) is 1.37. The number of carbonyl (C=O) groups is 1. The maximum atomic E-state index is 13.0. The second-order valence-electron chi connectivity index (χ2n) is 3.49. The smallest absolute Gasteiger partial charge is 0.354 e. The van der Waals surface area contributed by atoms with Crippen molar-refractivity contribution in [3.05, 3.63) is 53.1 Å². The first kappa shape index (κ1) is 12.3. The number of anilines is 2. The Bertz CT molecular complexity index is 604. The van der Waals surface area contributed by atoms with Gasteiger partial charge >= 0.3 is 5.97 Å². The molecule has 0 fully saturated rings. The van der Waals surface area contributed by atoms with Gasteiger partial charge in [-0.3, -0.25) is 0 Å². The number of aromatic carboxylic acids is 1. The van der Waals surface area contributed by atoms with Crippen molar-refractivity contribution in [2.75, 3.05) is 5.32 Å². The van der Waals surface area contributed by atoms with Gasteiger partial charge in [-0.1, -0.05) is 11.6 Å². The van der Waals surface area contributed by atoms with Crippen LogP contribution < -0.4 is 5.32 Å². The molecule has 0 radical (unpaired) electrons. The molecule has 0 saturated carbocycles. The van der Waals surface area contributed by atoms with E-state index in [1.165, 1.54) is 30.5 Å². The summed E-state index contributed by atoms with van der Waals surface area (Å²) >= 11 is 5.64. The van der Waals surface area contributed by atoms with Crippen LogP contribution in [0.3, 0.4) is 0 Å². The largest absolute Gasteiger partial charge is 0.477 e. The van der Waals surface area contributed by atoms with E-state index in [1.54, 1.807) is 6.07 Å². The fourth-order valence-corrected chi connectivity index (χ4v) is 1.55. The molecule has 0 bridgehead atoms. The minimum atomic E-state index is -1.12. The highest BCUT2D eigenvalue weighted by Gasteiger charge is 2.06. The highest BCUT2D eigenvalue weighted by atomic mass is 35.5. The summed E-state index contributed by atoms with van der Waals surface area (Å²) < 4.78 is 13.0. The van der Waals surface area contributed by atoms with E-state index in [0.29, 0.717) is 11.4 Å². The predicted octanol–water partition coefficient (Wildman–Crippen LogP) is 3.32. The number of pyridine rings is 1. The molecule has 0 amide bonds. The lowest BCUT2D eigenvalue weighted by atomic mass is 10.2. The van der Waals surface area contributed by atoms with Crippen molar-refractivity contribution >= 4 is 28.9 Å². The molecule has 18 heavy (non-hydrogen) atoms. The quantitative estimate of drug-likeness (QED) is 0.895. The number of nitrogens with zero attached hydrogens (tertiary/aromatic N) is 1. The average Bonchev–Trinajstić information content (AvgIpc) is 2.34. The molecule has 0 aliphatic rings. The van der Waals surface area contributed by atoms with E-state index < -0.39 is 11.8 Å². The van der Waals surface area contributed by atoms with E-state index in [-0.39, 0.29) is 10.7 Å². The van der Waals surface area contributed by atoms with Gasteiger partial charge in [-0.15, -0.1) is 0 Å². The Morgan fingerprint density at radius 3 is 2.67 bits per heavy atom. The van der Waals surface area contributed by atoms with Crippen molar-refractivity contribution < 1.29 is 14.3 Å². The van der Waals surface area contributed by atoms with E-state index >= 15 is 0 Å². The third-order valence-electron chi connectivity index (χ3n) is 2.19. The Balaban J connectivity index is 2.25. The van der Waals surface area contributed by atoms with Crippen LogP contribution in [0.15, 0.2) is 36.5 Å². The Kier molecular flexibility index (Phi) is 3.43. The number of nitrogens with one attached hydrogen (secondary N) is 1. The minimum absolute atomic E-state index is 0.00693. The van der Waals surface area contributed by atoms with Crippen molar-refractivity contribution in [1.82, 2.24) is 4.98 Å². The lowest BCUT2D eigenvalue weighted by Crippen LogP contribution is -2.01. The molecule has 6 heteroatoms. The highest BCUT2D eigenvalue weighted by Crippen LogP contribution is 2.22. The molecule has 0 spiro atoms. The first-order chi connectivity index (χ1) is 8.56. The Morgan fingerprint density at radius 2 is 2.00 bits per heavy atom. The standard InChI is InChI=1S/C12H8ClFN2O2/c13-9-5-7(1-2-10(9)14)16-8-3-4-15-11(6-8)12(17)18/h1-6H,(H,15,16)(H,17,18). The van der Waals surface area contributed by atoms with Gasteiger partial charge in [0.15, 0.2) is 0 Å². The Morgan fingerprint density at radius 1 is 1.28 bits per heavy atom. The Labute approximate surface area is 107 Å². The topological polar surface area (TPSA) is 62.2 Å². The number of rotatable bonds is 3. The first-order valence-corrected chi connectivity index (χ1v) is 5.35. The maximum Gasteiger partial charge on any atom is 0.354 e. The van der Waals surface area contributed by atoms with Crippen LogP contribution in [0.25, 0.3) is 0 Å². The number of hydrogen-bond acceptors (Lipinski definition) is 3. The van der Waals surface area contributed by atoms with E-state index in [2.05, 4.69) is 10.3 Å². The van der Waals surface area contributed by atoms with Gasteiger partial charge in [0, 0.05) is 17.6 Å². The second kappa shape index (κ2) is 5.01. The summed E-state index contributed by atoms with van der Waals surface area (Å²) in [7, 11) is 0. The third-order valence-corrected chi connectivity index (χ3v) is 2.48. The molecule has 2 rings (SSSR count). The molecule has 0 atom stereocenters. The van der Waals surface area contributed by atoms with Crippen LogP contribution in [-0.4, -0.2) is 16.1 Å². The summed E-state index contributed by atoms with van der Waals surface area (Å²) in [5, 5.41) is 11.7. The highest BCUT2D eigenvalue weighted by molar-refractivity contribution is 6.31. The molecular formula is C12H8ClFN2O2. The van der Waals surface area contributed by atoms with Gasteiger partial charge in [-0.2, -0.15) is 0 Å². The number of carboxylic acid groups (broad SMARTS) is 1. The fraction of sp³-hybridized carbons (Fsp3) is 0. The summed E-state index contributed by atoms with van der Waals surface area (Å²) in [5.41, 5.74) is 1.02. The molecule has 92 valence electrons. The SMILES string of the molecule is O=C(O)c1cc(Nc2ccc(F)c(Cl)c2)ccn1. The van der Waals surface area contributed by atoms with Crippen molar-refractivity contribution in [3.8, 4) is 0 Å². The number of halogens is 2. The normalized spacial score (nSPS) is 10.1. The van der Waals surface area contributed by atoms with Crippen LogP contribution in [0.5, 0.6) is 0 Å². The molecule has 0 saturated heterocycles. The number of benzene rings is 1. The van der Waals surface area contributed by atoms with Crippen LogP contribution in [-0.2, 0) is 0 Å². The molecule has 1 aromatic heterocycles. The summed E-state index contributed by atoms with van der Waals surface area (Å²) in [6.45, 7) is 0. The van der Waals surface area contributed by atoms with E-state index in [0.717, 1.165) is 0 Å². The van der Waals surface area contributed by atoms with Gasteiger partial charge in [0.1, 0.15) is 11.5 Å². The van der Waals surface area contributed by atoms with Gasteiger partial charge in [0.05, 0.1) is 5.02 Å². The van der Waals surface area contributed by atoms with Crippen molar-refractivity contribution in [2.24, 2.45) is 0 Å². The minimum Gasteiger partial charge on any atom is -0.477 e.